The van der Waals surface area contributed by atoms with E-state index in [1.54, 1.807) is 0 Å². The normalized spacial score (nSPS) is 25.3. The molecule has 1 saturated carbocycles. The molecule has 0 atom stereocenters. The number of aromatic amines is 2. The van der Waals surface area contributed by atoms with E-state index in [0.717, 1.165) is 25.7 Å². The van der Waals surface area contributed by atoms with Gasteiger partial charge in [0.15, 0.2) is 0 Å². The molecule has 4 N–H and O–H groups in total. The number of rotatable bonds is 2. The molecule has 1 heterocycles. The average molecular weight is 226 g/mol. The van der Waals surface area contributed by atoms with Gasteiger partial charge in [0, 0.05) is 6.04 Å². The third-order valence-electron chi connectivity index (χ3n) is 2.75. The largest absolute Gasteiger partial charge is 0.393 e. The lowest BCUT2D eigenvalue weighted by Crippen LogP contribution is -2.33. The van der Waals surface area contributed by atoms with Gasteiger partial charge in [-0.25, -0.2) is 9.89 Å². The van der Waals surface area contributed by atoms with Crippen molar-refractivity contribution in [3.63, 3.8) is 0 Å². The molecule has 16 heavy (non-hydrogen) atoms. The van der Waals surface area contributed by atoms with Crippen molar-refractivity contribution in [3.8, 4) is 0 Å². The monoisotopic (exact) mass is 226 g/mol. The molecule has 0 amide bonds. The zero-order chi connectivity index (χ0) is 11.5. The van der Waals surface area contributed by atoms with E-state index in [1.165, 1.54) is 0 Å². The Balaban J connectivity index is 2.04. The van der Waals surface area contributed by atoms with Gasteiger partial charge in [-0.15, -0.1) is 5.10 Å². The van der Waals surface area contributed by atoms with Crippen molar-refractivity contribution >= 4 is 5.82 Å². The molecule has 1 aliphatic rings. The van der Waals surface area contributed by atoms with E-state index in [9.17, 15) is 14.7 Å². The number of hydrogen-bond donors (Lipinski definition) is 4. The van der Waals surface area contributed by atoms with Crippen LogP contribution in [0.2, 0.25) is 0 Å². The molecule has 0 aromatic carbocycles. The summed E-state index contributed by atoms with van der Waals surface area (Å²) in [4.78, 5) is 24.2. The maximum absolute atomic E-state index is 11.3. The zero-order valence-electron chi connectivity index (χ0n) is 8.69. The van der Waals surface area contributed by atoms with Gasteiger partial charge in [-0.3, -0.25) is 9.78 Å². The Morgan fingerprint density at radius 1 is 1.25 bits per heavy atom. The molecule has 0 saturated heterocycles. The number of nitrogens with one attached hydrogen (secondary N) is 3. The molecule has 1 fully saturated rings. The first-order chi connectivity index (χ1) is 7.65. The number of aliphatic hydroxyl groups excluding tert-OH is 1. The molecule has 0 radical (unpaired) electrons. The molecule has 0 unspecified atom stereocenters. The van der Waals surface area contributed by atoms with Gasteiger partial charge in [-0.2, -0.15) is 0 Å². The summed E-state index contributed by atoms with van der Waals surface area (Å²) in [6, 6.07) is 0.128. The molecule has 0 aliphatic heterocycles. The zero-order valence-corrected chi connectivity index (χ0v) is 8.69. The lowest BCUT2D eigenvalue weighted by Gasteiger charge is -2.25. The number of nitrogens with zero attached hydrogens (tertiary/aromatic N) is 1. The van der Waals surface area contributed by atoms with Crippen molar-refractivity contribution in [2.45, 2.75) is 37.8 Å². The number of anilines is 1. The van der Waals surface area contributed by atoms with Crippen LogP contribution >= 0.6 is 0 Å². The Labute approximate surface area is 90.9 Å². The van der Waals surface area contributed by atoms with Crippen LogP contribution in [0, 0.1) is 0 Å². The molecular weight excluding hydrogens is 212 g/mol. The van der Waals surface area contributed by atoms with Crippen LogP contribution in [0.4, 0.5) is 5.82 Å². The highest BCUT2D eigenvalue weighted by molar-refractivity contribution is 5.30. The molecule has 1 aromatic heterocycles. The number of H-pyrrole nitrogens is 2. The number of hydrogen-bond acceptors (Lipinski definition) is 5. The highest BCUT2D eigenvalue weighted by atomic mass is 16.3. The van der Waals surface area contributed by atoms with Crippen molar-refractivity contribution < 1.29 is 5.11 Å². The minimum absolute atomic E-state index is 0.126. The lowest BCUT2D eigenvalue weighted by molar-refractivity contribution is 0.126. The molecular formula is C9H14N4O3. The van der Waals surface area contributed by atoms with Crippen LogP contribution in [0.5, 0.6) is 0 Å². The first kappa shape index (κ1) is 10.9. The number of aliphatic hydroxyl groups is 1. The van der Waals surface area contributed by atoms with Gasteiger partial charge in [0.05, 0.1) is 6.10 Å². The summed E-state index contributed by atoms with van der Waals surface area (Å²) in [5.74, 6) is 0.126. The molecule has 7 nitrogen and oxygen atoms in total. The van der Waals surface area contributed by atoms with Crippen LogP contribution < -0.4 is 16.6 Å². The first-order valence-corrected chi connectivity index (χ1v) is 5.29. The summed E-state index contributed by atoms with van der Waals surface area (Å²) in [5.41, 5.74) is -1.13. The van der Waals surface area contributed by atoms with Crippen molar-refractivity contribution in [1.82, 2.24) is 15.2 Å². The first-order valence-electron chi connectivity index (χ1n) is 5.29. The van der Waals surface area contributed by atoms with Crippen molar-refractivity contribution in [2.24, 2.45) is 0 Å². The predicted octanol–water partition coefficient (Wildman–Crippen LogP) is -0.826. The van der Waals surface area contributed by atoms with E-state index in [4.69, 9.17) is 0 Å². The Morgan fingerprint density at radius 2 is 1.94 bits per heavy atom. The summed E-state index contributed by atoms with van der Waals surface area (Å²) in [7, 11) is 0. The smallest absolute Gasteiger partial charge is 0.342 e. The van der Waals surface area contributed by atoms with Gasteiger partial charge in [-0.1, -0.05) is 0 Å². The Hall–Kier alpha value is -1.63. The van der Waals surface area contributed by atoms with E-state index in [-0.39, 0.29) is 18.0 Å². The summed E-state index contributed by atoms with van der Waals surface area (Å²) in [5, 5.41) is 18.1. The van der Waals surface area contributed by atoms with Crippen LogP contribution in [0.15, 0.2) is 9.59 Å². The van der Waals surface area contributed by atoms with Crippen LogP contribution in [0.1, 0.15) is 25.7 Å². The molecule has 1 aromatic rings. The molecule has 2 rings (SSSR count). The predicted molar refractivity (Wildman–Crippen MR) is 57.4 cm³/mol. The van der Waals surface area contributed by atoms with Crippen molar-refractivity contribution in [2.75, 3.05) is 5.32 Å². The number of aromatic nitrogens is 3. The average Bonchev–Trinajstić information content (AvgIpc) is 2.25. The van der Waals surface area contributed by atoms with Crippen LogP contribution in [0.3, 0.4) is 0 Å². The van der Waals surface area contributed by atoms with Gasteiger partial charge >= 0.3 is 5.69 Å². The fourth-order valence-electron chi connectivity index (χ4n) is 1.86. The van der Waals surface area contributed by atoms with E-state index >= 15 is 0 Å². The van der Waals surface area contributed by atoms with Gasteiger partial charge in [0.2, 0.25) is 5.82 Å². The molecule has 0 bridgehead atoms. The molecule has 88 valence electrons. The van der Waals surface area contributed by atoms with E-state index in [0.29, 0.717) is 0 Å². The highest BCUT2D eigenvalue weighted by Crippen LogP contribution is 2.19. The molecule has 7 heteroatoms. The molecule has 0 spiro atoms. The molecule has 1 aliphatic carbocycles. The summed E-state index contributed by atoms with van der Waals surface area (Å²) < 4.78 is 0. The third-order valence-corrected chi connectivity index (χ3v) is 2.75. The maximum atomic E-state index is 11.3. The van der Waals surface area contributed by atoms with E-state index in [1.807, 2.05) is 0 Å². The second-order valence-electron chi connectivity index (χ2n) is 4.01. The lowest BCUT2D eigenvalue weighted by atomic mass is 9.93. The summed E-state index contributed by atoms with van der Waals surface area (Å²) in [6.45, 7) is 0. The fraction of sp³-hybridized carbons (Fsp3) is 0.667. The minimum Gasteiger partial charge on any atom is -0.393 e. The quantitative estimate of drug-likeness (QED) is 0.526. The SMILES string of the molecule is O=c1[nH]nc(NC2CCC(O)CC2)c(=O)[nH]1. The van der Waals surface area contributed by atoms with Crippen LogP contribution in [0.25, 0.3) is 0 Å². The standard InChI is InChI=1S/C9H14N4O3/c14-6-3-1-5(2-4-6)10-7-8(15)11-9(16)13-12-7/h5-6,14H,1-4H2,(H,10,12)(H2,11,13,15,16). The van der Waals surface area contributed by atoms with Gasteiger partial charge in [-0.05, 0) is 25.7 Å². The third kappa shape index (κ3) is 2.48. The minimum atomic E-state index is -0.616. The Bertz CT molecular complexity index is 458. The topological polar surface area (TPSA) is 111 Å². The van der Waals surface area contributed by atoms with E-state index in [2.05, 4.69) is 20.5 Å². The van der Waals surface area contributed by atoms with Gasteiger partial charge < -0.3 is 10.4 Å². The second kappa shape index (κ2) is 4.48. The van der Waals surface area contributed by atoms with E-state index < -0.39 is 11.2 Å². The maximum Gasteiger partial charge on any atom is 0.342 e. The van der Waals surface area contributed by atoms with Gasteiger partial charge in [0.25, 0.3) is 5.56 Å². The Kier molecular flexibility index (Phi) is 3.04. The Morgan fingerprint density at radius 3 is 2.56 bits per heavy atom. The second-order valence-corrected chi connectivity index (χ2v) is 4.01. The van der Waals surface area contributed by atoms with Gasteiger partial charge in [0.1, 0.15) is 0 Å². The van der Waals surface area contributed by atoms with Crippen molar-refractivity contribution in [1.29, 1.82) is 0 Å². The summed E-state index contributed by atoms with van der Waals surface area (Å²) >= 11 is 0. The van der Waals surface area contributed by atoms with Crippen LogP contribution in [-0.2, 0) is 0 Å². The summed E-state index contributed by atoms with van der Waals surface area (Å²) in [6.07, 6.45) is 2.79. The fourth-order valence-corrected chi connectivity index (χ4v) is 1.86. The van der Waals surface area contributed by atoms with Crippen molar-refractivity contribution in [3.05, 3.63) is 20.8 Å². The highest BCUT2D eigenvalue weighted by Gasteiger charge is 2.20. The van der Waals surface area contributed by atoms with Crippen LogP contribution in [-0.4, -0.2) is 32.4 Å².